The number of aliphatic hydroxyl groups excluding tert-OH is 1. The fourth-order valence-corrected chi connectivity index (χ4v) is 0.903. The Morgan fingerprint density at radius 3 is 2.46 bits per heavy atom. The maximum atomic E-state index is 10.4. The van der Waals surface area contributed by atoms with E-state index in [0.29, 0.717) is 5.56 Å². The molecule has 1 heterocycles. The highest BCUT2D eigenvalue weighted by molar-refractivity contribution is 5.74. The van der Waals surface area contributed by atoms with Gasteiger partial charge in [-0.25, -0.2) is 0 Å². The average Bonchev–Trinajstić information content (AvgIpc) is 2.17. The number of hydrogen-bond donors (Lipinski definition) is 3. The number of aliphatic carboxylic acids is 1. The molecule has 0 aliphatic rings. The number of pyridine rings is 1. The van der Waals surface area contributed by atoms with Gasteiger partial charge in [-0.2, -0.15) is 0 Å². The maximum absolute atomic E-state index is 10.4. The number of carbonyl (C=O) groups is 1. The van der Waals surface area contributed by atoms with Crippen LogP contribution in [0.1, 0.15) is 11.7 Å². The van der Waals surface area contributed by atoms with E-state index in [0.717, 1.165) is 0 Å². The highest BCUT2D eigenvalue weighted by Gasteiger charge is 2.22. The summed E-state index contributed by atoms with van der Waals surface area (Å²) in [6.45, 7) is 0. The first-order valence-corrected chi connectivity index (χ1v) is 3.69. The molecule has 1 unspecified atom stereocenters. The van der Waals surface area contributed by atoms with Gasteiger partial charge >= 0.3 is 5.97 Å². The van der Waals surface area contributed by atoms with Crippen molar-refractivity contribution >= 4 is 5.97 Å². The molecule has 0 amide bonds. The Morgan fingerprint density at radius 2 is 2.00 bits per heavy atom. The lowest BCUT2D eigenvalue weighted by Gasteiger charge is -2.14. The minimum absolute atomic E-state index is 0.449. The highest BCUT2D eigenvalue weighted by atomic mass is 16.4. The third-order valence-corrected chi connectivity index (χ3v) is 1.67. The third-order valence-electron chi connectivity index (χ3n) is 1.67. The second-order valence-electron chi connectivity index (χ2n) is 2.59. The van der Waals surface area contributed by atoms with E-state index in [2.05, 4.69) is 4.98 Å². The third kappa shape index (κ3) is 2.24. The van der Waals surface area contributed by atoms with Crippen molar-refractivity contribution in [2.75, 3.05) is 0 Å². The molecule has 2 atom stereocenters. The molecule has 0 aliphatic carbocycles. The molecule has 0 radical (unpaired) electrons. The van der Waals surface area contributed by atoms with E-state index < -0.39 is 18.1 Å². The quantitative estimate of drug-likeness (QED) is 0.587. The Bertz CT molecular complexity index is 289. The second-order valence-corrected chi connectivity index (χ2v) is 2.59. The lowest BCUT2D eigenvalue weighted by molar-refractivity contribution is -0.141. The number of nitrogens with zero attached hydrogens (tertiary/aromatic N) is 1. The molecular weight excluding hydrogens is 172 g/mol. The van der Waals surface area contributed by atoms with E-state index in [-0.39, 0.29) is 0 Å². The number of carboxylic acid groups (broad SMARTS) is 1. The van der Waals surface area contributed by atoms with Gasteiger partial charge in [-0.15, -0.1) is 0 Å². The van der Waals surface area contributed by atoms with Gasteiger partial charge in [0.2, 0.25) is 0 Å². The Labute approximate surface area is 74.8 Å². The molecule has 0 fully saturated rings. The van der Waals surface area contributed by atoms with Crippen LogP contribution in [-0.4, -0.2) is 27.2 Å². The van der Waals surface area contributed by atoms with Crippen molar-refractivity contribution in [1.82, 2.24) is 4.98 Å². The second kappa shape index (κ2) is 3.97. The van der Waals surface area contributed by atoms with E-state index in [1.165, 1.54) is 24.5 Å². The number of hydrogen-bond acceptors (Lipinski definition) is 4. The lowest BCUT2D eigenvalue weighted by atomic mass is 10.0. The molecule has 0 spiro atoms. The van der Waals surface area contributed by atoms with Crippen LogP contribution in [0.5, 0.6) is 0 Å². The van der Waals surface area contributed by atoms with Crippen molar-refractivity contribution in [3.63, 3.8) is 0 Å². The molecule has 0 aromatic carbocycles. The van der Waals surface area contributed by atoms with E-state index in [1.807, 2.05) is 0 Å². The normalized spacial score (nSPS) is 14.9. The molecule has 0 bridgehead atoms. The van der Waals surface area contributed by atoms with Gasteiger partial charge in [0.25, 0.3) is 0 Å². The van der Waals surface area contributed by atoms with Gasteiger partial charge in [0.05, 0.1) is 0 Å². The first-order valence-electron chi connectivity index (χ1n) is 3.69. The largest absolute Gasteiger partial charge is 0.480 e. The predicted molar refractivity (Wildman–Crippen MR) is 44.8 cm³/mol. The zero-order chi connectivity index (χ0) is 9.84. The van der Waals surface area contributed by atoms with Crippen LogP contribution in [0, 0.1) is 0 Å². The van der Waals surface area contributed by atoms with Gasteiger partial charge in [-0.05, 0) is 17.7 Å². The molecule has 0 aliphatic heterocycles. The van der Waals surface area contributed by atoms with Crippen LogP contribution in [0.15, 0.2) is 24.5 Å². The summed E-state index contributed by atoms with van der Waals surface area (Å²) in [7, 11) is 0. The van der Waals surface area contributed by atoms with Crippen LogP contribution in [0.4, 0.5) is 0 Å². The van der Waals surface area contributed by atoms with Crippen molar-refractivity contribution in [3.8, 4) is 0 Å². The molecule has 1 aromatic heterocycles. The lowest BCUT2D eigenvalue weighted by Crippen LogP contribution is -2.36. The molecule has 5 nitrogen and oxygen atoms in total. The van der Waals surface area contributed by atoms with Crippen LogP contribution in [-0.2, 0) is 4.79 Å². The zero-order valence-corrected chi connectivity index (χ0v) is 6.79. The Hall–Kier alpha value is -1.46. The summed E-state index contributed by atoms with van der Waals surface area (Å²) in [6, 6.07) is 1.74. The monoisotopic (exact) mass is 182 g/mol. The Morgan fingerprint density at radius 1 is 1.46 bits per heavy atom. The first-order chi connectivity index (χ1) is 6.13. The average molecular weight is 182 g/mol. The van der Waals surface area contributed by atoms with Crippen LogP contribution in [0.2, 0.25) is 0 Å². The minimum atomic E-state index is -1.30. The van der Waals surface area contributed by atoms with Gasteiger partial charge < -0.3 is 15.9 Å². The summed E-state index contributed by atoms with van der Waals surface area (Å²) < 4.78 is 0. The van der Waals surface area contributed by atoms with Gasteiger partial charge in [0, 0.05) is 12.4 Å². The highest BCUT2D eigenvalue weighted by Crippen LogP contribution is 2.13. The van der Waals surface area contributed by atoms with E-state index in [4.69, 9.17) is 10.8 Å². The molecule has 1 rings (SSSR count). The van der Waals surface area contributed by atoms with Crippen molar-refractivity contribution in [2.45, 2.75) is 12.1 Å². The maximum Gasteiger partial charge on any atom is 0.323 e. The Balaban J connectivity index is 2.79. The number of nitrogens with two attached hydrogens (primary N) is 1. The van der Waals surface area contributed by atoms with Gasteiger partial charge in [0.15, 0.2) is 0 Å². The van der Waals surface area contributed by atoms with Crippen LogP contribution in [0.3, 0.4) is 0 Å². The van der Waals surface area contributed by atoms with E-state index in [1.54, 1.807) is 0 Å². The predicted octanol–water partition coefficient (Wildman–Crippen LogP) is -0.473. The van der Waals surface area contributed by atoms with Crippen molar-refractivity contribution < 1.29 is 15.0 Å². The van der Waals surface area contributed by atoms with Crippen LogP contribution >= 0.6 is 0 Å². The standard InChI is InChI=1S/C8H10N2O3/c9-6(8(12)13)7(11)5-1-3-10-4-2-5/h1-4,6-7,11H,9H2,(H,12,13)/t6-,7?/m0/s1. The summed E-state index contributed by atoms with van der Waals surface area (Å²) in [6.07, 6.45) is 1.74. The molecule has 1 aromatic rings. The minimum Gasteiger partial charge on any atom is -0.480 e. The summed E-state index contributed by atoms with van der Waals surface area (Å²) in [5, 5.41) is 17.9. The topological polar surface area (TPSA) is 96.4 Å². The molecule has 0 saturated carbocycles. The van der Waals surface area contributed by atoms with Gasteiger partial charge in [0.1, 0.15) is 12.1 Å². The van der Waals surface area contributed by atoms with Gasteiger partial charge in [-0.3, -0.25) is 9.78 Å². The molecule has 0 saturated heterocycles. The number of aliphatic hydroxyl groups is 1. The number of carboxylic acids is 1. The van der Waals surface area contributed by atoms with E-state index in [9.17, 15) is 9.90 Å². The Kier molecular flexibility index (Phi) is 2.94. The smallest absolute Gasteiger partial charge is 0.323 e. The molecule has 70 valence electrons. The van der Waals surface area contributed by atoms with Crippen LogP contribution in [0.25, 0.3) is 0 Å². The summed E-state index contributed by atoms with van der Waals surface area (Å²) in [4.78, 5) is 14.1. The zero-order valence-electron chi connectivity index (χ0n) is 6.79. The SMILES string of the molecule is N[C@H](C(=O)O)C(O)c1ccncc1. The van der Waals surface area contributed by atoms with Gasteiger partial charge in [-0.1, -0.05) is 0 Å². The summed E-state index contributed by atoms with van der Waals surface area (Å²) in [5.41, 5.74) is 5.67. The van der Waals surface area contributed by atoms with E-state index >= 15 is 0 Å². The fourth-order valence-electron chi connectivity index (χ4n) is 0.903. The number of aromatic nitrogens is 1. The number of rotatable bonds is 3. The first kappa shape index (κ1) is 9.63. The molecule has 5 heteroatoms. The molecule has 13 heavy (non-hydrogen) atoms. The van der Waals surface area contributed by atoms with Crippen LogP contribution < -0.4 is 5.73 Å². The van der Waals surface area contributed by atoms with Crippen molar-refractivity contribution in [3.05, 3.63) is 30.1 Å². The summed E-state index contributed by atoms with van der Waals surface area (Å²) in [5.74, 6) is -1.23. The van der Waals surface area contributed by atoms with Crippen molar-refractivity contribution in [1.29, 1.82) is 0 Å². The molecule has 4 N–H and O–H groups in total. The fraction of sp³-hybridized carbons (Fsp3) is 0.250. The summed E-state index contributed by atoms with van der Waals surface area (Å²) >= 11 is 0. The van der Waals surface area contributed by atoms with Crippen molar-refractivity contribution in [2.24, 2.45) is 5.73 Å². The molecular formula is C8H10N2O3.